The van der Waals surface area contributed by atoms with Gasteiger partial charge in [0.05, 0.1) is 22.8 Å². The molecule has 1 aromatic heterocycles. The second-order valence-electron chi connectivity index (χ2n) is 5.15. The van der Waals surface area contributed by atoms with Gasteiger partial charge in [-0.15, -0.1) is 0 Å². The lowest BCUT2D eigenvalue weighted by atomic mass is 10.2. The monoisotopic (exact) mass is 382 g/mol. The average molecular weight is 383 g/mol. The molecule has 0 saturated carbocycles. The molecule has 10 heteroatoms. The fourth-order valence-electron chi connectivity index (χ4n) is 1.97. The van der Waals surface area contributed by atoms with E-state index in [0.29, 0.717) is 17.9 Å². The van der Waals surface area contributed by atoms with Gasteiger partial charge in [0.1, 0.15) is 10.7 Å². The zero-order chi connectivity index (χ0) is 18.3. The van der Waals surface area contributed by atoms with Crippen LogP contribution in [0.5, 0.6) is 0 Å². The van der Waals surface area contributed by atoms with Crippen LogP contribution in [0.15, 0.2) is 33.7 Å². The standard InChI is InChI=1S/C14H14ClF3N2O3S/c1-8-7-19-13(23-8)9(2)20(3)24(21,22)12-5-4-10(6-11(12)15)14(16,17)18/h4-7,9H,1-3H3. The SMILES string of the molecule is Cc1cnc(C(C)N(C)S(=O)(=O)c2ccc(C(F)(F)F)cc2Cl)o1. The van der Waals surface area contributed by atoms with Crippen molar-refractivity contribution in [2.45, 2.75) is 31.0 Å². The van der Waals surface area contributed by atoms with Crippen LogP contribution in [-0.4, -0.2) is 24.8 Å². The van der Waals surface area contributed by atoms with Gasteiger partial charge in [-0.05, 0) is 32.0 Å². The van der Waals surface area contributed by atoms with E-state index in [-0.39, 0.29) is 5.89 Å². The predicted octanol–water partition coefficient (Wildman–Crippen LogP) is 4.04. The number of alkyl halides is 3. The third-order valence-corrected chi connectivity index (χ3v) is 5.87. The molecule has 0 radical (unpaired) electrons. The van der Waals surface area contributed by atoms with E-state index < -0.39 is 37.7 Å². The van der Waals surface area contributed by atoms with Gasteiger partial charge in [0, 0.05) is 7.05 Å². The number of oxazole rings is 1. The van der Waals surface area contributed by atoms with E-state index >= 15 is 0 Å². The third-order valence-electron chi connectivity index (χ3n) is 3.46. The highest BCUT2D eigenvalue weighted by Crippen LogP contribution is 2.35. The van der Waals surface area contributed by atoms with Crippen LogP contribution in [0.1, 0.15) is 30.2 Å². The Balaban J connectivity index is 2.39. The van der Waals surface area contributed by atoms with Crippen molar-refractivity contribution < 1.29 is 26.0 Å². The highest BCUT2D eigenvalue weighted by Gasteiger charge is 2.34. The van der Waals surface area contributed by atoms with Crippen molar-refractivity contribution in [2.75, 3.05) is 7.05 Å². The first-order chi connectivity index (χ1) is 10.9. The van der Waals surface area contributed by atoms with Crippen molar-refractivity contribution in [1.29, 1.82) is 0 Å². The molecular weight excluding hydrogens is 369 g/mol. The van der Waals surface area contributed by atoms with Gasteiger partial charge in [0.25, 0.3) is 0 Å². The Kier molecular flexibility index (Phi) is 4.98. The van der Waals surface area contributed by atoms with Crippen LogP contribution in [0, 0.1) is 6.92 Å². The molecule has 2 rings (SSSR count). The highest BCUT2D eigenvalue weighted by atomic mass is 35.5. The molecule has 0 bridgehead atoms. The first kappa shape index (κ1) is 18.8. The molecule has 1 atom stereocenters. The molecule has 1 heterocycles. The van der Waals surface area contributed by atoms with Crippen LogP contribution < -0.4 is 0 Å². The van der Waals surface area contributed by atoms with Crippen molar-refractivity contribution in [2.24, 2.45) is 0 Å². The Morgan fingerprint density at radius 2 is 1.96 bits per heavy atom. The lowest BCUT2D eigenvalue weighted by Crippen LogP contribution is -2.30. The van der Waals surface area contributed by atoms with Crippen molar-refractivity contribution in [3.63, 3.8) is 0 Å². The maximum atomic E-state index is 12.7. The van der Waals surface area contributed by atoms with Crippen molar-refractivity contribution in [3.8, 4) is 0 Å². The second-order valence-corrected chi connectivity index (χ2v) is 7.52. The topological polar surface area (TPSA) is 63.4 Å². The summed E-state index contributed by atoms with van der Waals surface area (Å²) in [4.78, 5) is 3.54. The molecule has 1 aromatic carbocycles. The molecule has 0 fully saturated rings. The van der Waals surface area contributed by atoms with Crippen LogP contribution in [0.2, 0.25) is 5.02 Å². The summed E-state index contributed by atoms with van der Waals surface area (Å²) in [6.45, 7) is 3.20. The van der Waals surface area contributed by atoms with E-state index in [0.717, 1.165) is 10.4 Å². The molecule has 0 spiro atoms. The molecule has 0 saturated heterocycles. The van der Waals surface area contributed by atoms with E-state index in [1.54, 1.807) is 13.8 Å². The molecule has 0 aliphatic heterocycles. The number of nitrogens with zero attached hydrogens (tertiary/aromatic N) is 2. The van der Waals surface area contributed by atoms with E-state index in [2.05, 4.69) is 4.98 Å². The molecular formula is C14H14ClF3N2O3S. The predicted molar refractivity (Wildman–Crippen MR) is 81.1 cm³/mol. The van der Waals surface area contributed by atoms with Crippen LogP contribution in [0.3, 0.4) is 0 Å². The number of halogens is 4. The van der Waals surface area contributed by atoms with E-state index in [1.165, 1.54) is 13.2 Å². The van der Waals surface area contributed by atoms with Crippen molar-refractivity contribution in [3.05, 3.63) is 46.6 Å². The highest BCUT2D eigenvalue weighted by molar-refractivity contribution is 7.89. The summed E-state index contributed by atoms with van der Waals surface area (Å²) in [5, 5.41) is -0.507. The number of aromatic nitrogens is 1. The smallest absolute Gasteiger partial charge is 0.416 e. The molecule has 132 valence electrons. The lowest BCUT2D eigenvalue weighted by molar-refractivity contribution is -0.137. The van der Waals surface area contributed by atoms with E-state index in [4.69, 9.17) is 16.0 Å². The summed E-state index contributed by atoms with van der Waals surface area (Å²) in [6, 6.07) is 1.33. The molecule has 5 nitrogen and oxygen atoms in total. The number of hydrogen-bond acceptors (Lipinski definition) is 4. The largest absolute Gasteiger partial charge is 0.444 e. The van der Waals surface area contributed by atoms with Gasteiger partial charge in [0.2, 0.25) is 15.9 Å². The van der Waals surface area contributed by atoms with Gasteiger partial charge in [-0.2, -0.15) is 17.5 Å². The Labute approximate surface area is 142 Å². The van der Waals surface area contributed by atoms with Crippen LogP contribution in [0.25, 0.3) is 0 Å². The van der Waals surface area contributed by atoms with Crippen LogP contribution >= 0.6 is 11.6 Å². The summed E-state index contributed by atoms with van der Waals surface area (Å²) in [6.07, 6.45) is -3.17. The zero-order valence-electron chi connectivity index (χ0n) is 12.9. The Morgan fingerprint density at radius 3 is 2.42 bits per heavy atom. The lowest BCUT2D eigenvalue weighted by Gasteiger charge is -2.22. The maximum absolute atomic E-state index is 12.7. The molecule has 24 heavy (non-hydrogen) atoms. The van der Waals surface area contributed by atoms with Gasteiger partial charge < -0.3 is 4.42 Å². The fraction of sp³-hybridized carbons (Fsp3) is 0.357. The third kappa shape index (κ3) is 3.57. The second kappa shape index (κ2) is 6.38. The summed E-state index contributed by atoms with van der Waals surface area (Å²) in [5.74, 6) is 0.678. The minimum absolute atomic E-state index is 0.168. The summed E-state index contributed by atoms with van der Waals surface area (Å²) < 4.78 is 69.5. The first-order valence-corrected chi connectivity index (χ1v) is 8.53. The van der Waals surface area contributed by atoms with Gasteiger partial charge in [-0.1, -0.05) is 11.6 Å². The van der Waals surface area contributed by atoms with E-state index in [9.17, 15) is 21.6 Å². The number of hydrogen-bond donors (Lipinski definition) is 0. The summed E-state index contributed by atoms with van der Waals surface area (Å²) in [7, 11) is -2.86. The van der Waals surface area contributed by atoms with E-state index in [1.807, 2.05) is 0 Å². The molecule has 0 amide bonds. The maximum Gasteiger partial charge on any atom is 0.416 e. The number of aryl methyl sites for hydroxylation is 1. The van der Waals surface area contributed by atoms with Crippen LogP contribution in [0.4, 0.5) is 13.2 Å². The minimum Gasteiger partial charge on any atom is -0.444 e. The Bertz CT molecular complexity index is 849. The normalized spacial score (nSPS) is 14.2. The van der Waals surface area contributed by atoms with Crippen molar-refractivity contribution >= 4 is 21.6 Å². The molecule has 0 N–H and O–H groups in total. The minimum atomic E-state index is -4.61. The summed E-state index contributed by atoms with van der Waals surface area (Å²) in [5.41, 5.74) is -1.02. The van der Waals surface area contributed by atoms with Crippen LogP contribution in [-0.2, 0) is 16.2 Å². The Morgan fingerprint density at radius 1 is 1.33 bits per heavy atom. The van der Waals surface area contributed by atoms with Gasteiger partial charge in [0.15, 0.2) is 0 Å². The summed E-state index contributed by atoms with van der Waals surface area (Å²) >= 11 is 5.77. The quantitative estimate of drug-likeness (QED) is 0.800. The van der Waals surface area contributed by atoms with Gasteiger partial charge >= 0.3 is 6.18 Å². The Hall–Kier alpha value is -1.58. The average Bonchev–Trinajstić information content (AvgIpc) is 2.91. The van der Waals surface area contributed by atoms with Gasteiger partial charge in [-0.3, -0.25) is 0 Å². The fourth-order valence-corrected chi connectivity index (χ4v) is 3.81. The molecule has 2 aromatic rings. The zero-order valence-corrected chi connectivity index (χ0v) is 14.5. The van der Waals surface area contributed by atoms with Crippen molar-refractivity contribution in [1.82, 2.24) is 9.29 Å². The molecule has 0 aliphatic carbocycles. The first-order valence-electron chi connectivity index (χ1n) is 6.71. The number of rotatable bonds is 4. The molecule has 1 unspecified atom stereocenters. The molecule has 0 aliphatic rings. The number of benzene rings is 1. The van der Waals surface area contributed by atoms with Gasteiger partial charge in [-0.25, -0.2) is 13.4 Å². The number of sulfonamides is 1.